The Balaban J connectivity index is 1.92. The first kappa shape index (κ1) is 21.2. The van der Waals surface area contributed by atoms with E-state index in [0.29, 0.717) is 5.03 Å². The highest BCUT2D eigenvalue weighted by atomic mass is 32.2. The summed E-state index contributed by atoms with van der Waals surface area (Å²) in [6.07, 6.45) is 2.99. The summed E-state index contributed by atoms with van der Waals surface area (Å²) in [6.45, 7) is 11.6. The summed E-state index contributed by atoms with van der Waals surface area (Å²) in [5.41, 5.74) is 1.17. The number of pyridine rings is 1. The molecule has 0 fully saturated rings. The fourth-order valence-corrected chi connectivity index (χ4v) is 6.91. The predicted octanol–water partition coefficient (Wildman–Crippen LogP) is 4.66. The molecular formula is C19H24N4O2S3. The molecule has 9 heteroatoms. The van der Waals surface area contributed by atoms with Crippen LogP contribution in [0.5, 0.6) is 0 Å². The van der Waals surface area contributed by atoms with Crippen molar-refractivity contribution in [1.82, 2.24) is 19.3 Å². The van der Waals surface area contributed by atoms with E-state index in [1.807, 2.05) is 27.7 Å². The predicted molar refractivity (Wildman–Crippen MR) is 115 cm³/mol. The van der Waals surface area contributed by atoms with Gasteiger partial charge in [0, 0.05) is 28.5 Å². The summed E-state index contributed by atoms with van der Waals surface area (Å²) in [5.74, 6) is 0. The molecule has 0 aromatic carbocycles. The zero-order chi connectivity index (χ0) is 20.6. The van der Waals surface area contributed by atoms with Crippen molar-refractivity contribution in [2.45, 2.75) is 68.6 Å². The van der Waals surface area contributed by atoms with Gasteiger partial charge in [0.25, 0.3) is 0 Å². The van der Waals surface area contributed by atoms with Crippen LogP contribution in [-0.4, -0.2) is 39.8 Å². The number of sulfonamides is 1. The van der Waals surface area contributed by atoms with Crippen molar-refractivity contribution >= 4 is 43.3 Å². The molecule has 0 radical (unpaired) electrons. The van der Waals surface area contributed by atoms with Crippen molar-refractivity contribution in [3.63, 3.8) is 0 Å². The van der Waals surface area contributed by atoms with E-state index in [9.17, 15) is 8.42 Å². The molecule has 0 aliphatic heterocycles. The van der Waals surface area contributed by atoms with Crippen molar-refractivity contribution < 1.29 is 8.42 Å². The molecule has 0 saturated carbocycles. The third-order valence-corrected chi connectivity index (χ3v) is 8.74. The minimum atomic E-state index is -3.59. The Kier molecular flexibility index (Phi) is 6.09. The molecular weight excluding hydrogens is 412 g/mol. The zero-order valence-corrected chi connectivity index (χ0v) is 19.2. The molecule has 3 aromatic rings. The molecule has 0 N–H and O–H groups in total. The van der Waals surface area contributed by atoms with Crippen LogP contribution in [0.2, 0.25) is 0 Å². The van der Waals surface area contributed by atoms with Gasteiger partial charge in [-0.25, -0.2) is 23.4 Å². The van der Waals surface area contributed by atoms with E-state index in [0.717, 1.165) is 15.2 Å². The molecule has 0 spiro atoms. The Bertz CT molecular complexity index is 1080. The molecule has 0 aliphatic rings. The Morgan fingerprint density at radius 1 is 1.04 bits per heavy atom. The molecule has 0 atom stereocenters. The molecule has 28 heavy (non-hydrogen) atoms. The molecule has 3 heterocycles. The molecule has 0 amide bonds. The molecule has 0 saturated heterocycles. The maximum Gasteiger partial charge on any atom is 0.245 e. The number of nitrogens with zero attached hydrogens (tertiary/aromatic N) is 4. The normalized spacial score (nSPS) is 12.6. The number of thiophene rings is 1. The van der Waals surface area contributed by atoms with Gasteiger partial charge in [-0.3, -0.25) is 0 Å². The minimum Gasteiger partial charge on any atom is -0.248 e. The van der Waals surface area contributed by atoms with E-state index in [2.05, 4.69) is 28.8 Å². The van der Waals surface area contributed by atoms with E-state index in [-0.39, 0.29) is 17.0 Å². The maximum atomic E-state index is 13.0. The lowest BCUT2D eigenvalue weighted by Gasteiger charge is -2.29. The second-order valence-corrected chi connectivity index (χ2v) is 11.2. The van der Waals surface area contributed by atoms with Gasteiger partial charge >= 0.3 is 0 Å². The van der Waals surface area contributed by atoms with Crippen molar-refractivity contribution in [3.8, 4) is 0 Å². The summed E-state index contributed by atoms with van der Waals surface area (Å²) < 4.78 is 27.4. The first-order valence-corrected chi connectivity index (χ1v) is 12.1. The van der Waals surface area contributed by atoms with Crippen LogP contribution < -0.4 is 0 Å². The van der Waals surface area contributed by atoms with Gasteiger partial charge in [-0.1, -0.05) is 0 Å². The van der Waals surface area contributed by atoms with Gasteiger partial charge in [-0.2, -0.15) is 4.31 Å². The summed E-state index contributed by atoms with van der Waals surface area (Å²) >= 11 is 3.07. The summed E-state index contributed by atoms with van der Waals surface area (Å²) in [6, 6.07) is 3.10. The molecule has 3 rings (SSSR count). The molecule has 6 nitrogen and oxygen atoms in total. The molecule has 150 valence electrons. The average Bonchev–Trinajstić information content (AvgIpc) is 2.89. The van der Waals surface area contributed by atoms with Gasteiger partial charge in [-0.15, -0.1) is 11.3 Å². The molecule has 0 unspecified atom stereocenters. The van der Waals surface area contributed by atoms with Gasteiger partial charge < -0.3 is 0 Å². The first-order valence-electron chi connectivity index (χ1n) is 9.01. The third kappa shape index (κ3) is 3.94. The van der Waals surface area contributed by atoms with Gasteiger partial charge in [0.1, 0.15) is 26.1 Å². The fourth-order valence-electron chi connectivity index (χ4n) is 3.18. The van der Waals surface area contributed by atoms with E-state index >= 15 is 0 Å². The highest BCUT2D eigenvalue weighted by Gasteiger charge is 2.29. The number of rotatable bonds is 6. The first-order chi connectivity index (χ1) is 13.1. The monoisotopic (exact) mass is 436 g/mol. The number of hydrogen-bond donors (Lipinski definition) is 0. The maximum absolute atomic E-state index is 13.0. The van der Waals surface area contributed by atoms with Crippen molar-refractivity contribution in [1.29, 1.82) is 0 Å². The Labute approximate surface area is 174 Å². The molecule has 0 aliphatic carbocycles. The van der Waals surface area contributed by atoms with Crippen molar-refractivity contribution in [2.75, 3.05) is 0 Å². The Morgan fingerprint density at radius 2 is 1.71 bits per heavy atom. The smallest absolute Gasteiger partial charge is 0.245 e. The summed E-state index contributed by atoms with van der Waals surface area (Å²) in [5, 5.41) is 2.57. The highest BCUT2D eigenvalue weighted by molar-refractivity contribution is 7.99. The fraction of sp³-hybridized carbons (Fsp3) is 0.421. The second kappa shape index (κ2) is 8.06. The number of aromatic nitrogens is 3. The lowest BCUT2D eigenvalue weighted by atomic mass is 10.2. The standard InChI is InChI=1S/C19H24N4O2S3/c1-11(2)23(12(3)4)28(24,25)15-7-8-16(20-9-15)27-19-17-13(5)14(6)26-18(17)21-10-22-19/h7-12H,1-6H3. The van der Waals surface area contributed by atoms with E-state index < -0.39 is 10.0 Å². The van der Waals surface area contributed by atoms with E-state index in [1.54, 1.807) is 29.8 Å². The summed E-state index contributed by atoms with van der Waals surface area (Å²) in [7, 11) is -3.59. The third-order valence-electron chi connectivity index (χ3n) is 4.43. The number of fused-ring (bicyclic) bond motifs is 1. The number of hydrogen-bond acceptors (Lipinski definition) is 7. The van der Waals surface area contributed by atoms with Gasteiger partial charge in [0.05, 0.1) is 0 Å². The van der Waals surface area contributed by atoms with E-state index in [1.165, 1.54) is 32.7 Å². The Morgan fingerprint density at radius 3 is 2.29 bits per heavy atom. The van der Waals surface area contributed by atoms with Crippen LogP contribution in [-0.2, 0) is 10.0 Å². The molecule has 3 aromatic heterocycles. The SMILES string of the molecule is Cc1sc2ncnc(Sc3ccc(S(=O)(=O)N(C(C)C)C(C)C)cn3)c2c1C. The lowest BCUT2D eigenvalue weighted by molar-refractivity contribution is 0.302. The topological polar surface area (TPSA) is 76.1 Å². The van der Waals surface area contributed by atoms with Gasteiger partial charge in [0.15, 0.2) is 0 Å². The van der Waals surface area contributed by atoms with Crippen LogP contribution in [0.25, 0.3) is 10.2 Å². The van der Waals surface area contributed by atoms with E-state index in [4.69, 9.17) is 0 Å². The van der Waals surface area contributed by atoms with Crippen LogP contribution >= 0.6 is 23.1 Å². The zero-order valence-electron chi connectivity index (χ0n) is 16.8. The highest BCUT2D eigenvalue weighted by Crippen LogP contribution is 2.37. The van der Waals surface area contributed by atoms with Crippen LogP contribution in [0.1, 0.15) is 38.1 Å². The molecule has 0 bridgehead atoms. The summed E-state index contributed by atoms with van der Waals surface area (Å²) in [4.78, 5) is 15.5. The second-order valence-electron chi connectivity index (χ2n) is 7.10. The van der Waals surface area contributed by atoms with Crippen LogP contribution in [0.15, 0.2) is 39.6 Å². The minimum absolute atomic E-state index is 0.127. The van der Waals surface area contributed by atoms with Crippen molar-refractivity contribution in [2.24, 2.45) is 0 Å². The van der Waals surface area contributed by atoms with Gasteiger partial charge in [0.2, 0.25) is 10.0 Å². The van der Waals surface area contributed by atoms with Gasteiger partial charge in [-0.05, 0) is 71.0 Å². The Hall–Kier alpha value is -1.55. The largest absolute Gasteiger partial charge is 0.248 e. The van der Waals surface area contributed by atoms with Crippen LogP contribution in [0.3, 0.4) is 0 Å². The average molecular weight is 437 g/mol. The quantitative estimate of drug-likeness (QED) is 0.523. The van der Waals surface area contributed by atoms with Crippen molar-refractivity contribution in [3.05, 3.63) is 35.1 Å². The van der Waals surface area contributed by atoms with Crippen LogP contribution in [0.4, 0.5) is 0 Å². The lowest BCUT2D eigenvalue weighted by Crippen LogP contribution is -2.41. The number of aryl methyl sites for hydroxylation is 2. The van der Waals surface area contributed by atoms with Crippen LogP contribution in [0, 0.1) is 13.8 Å².